The predicted molar refractivity (Wildman–Crippen MR) is 62.3 cm³/mol. The second-order valence-electron chi connectivity index (χ2n) is 5.61. The molecule has 0 amide bonds. The Hall–Kier alpha value is -0.610. The van der Waals surface area contributed by atoms with E-state index in [9.17, 15) is 15.0 Å². The van der Waals surface area contributed by atoms with Gasteiger partial charge in [0.15, 0.2) is 0 Å². The number of nitrogens with zero attached hydrogens (tertiary/aromatic N) is 1. The van der Waals surface area contributed by atoms with Gasteiger partial charge >= 0.3 is 5.97 Å². The van der Waals surface area contributed by atoms with Crippen LogP contribution in [0, 0.1) is 5.41 Å². The molecule has 0 spiro atoms. The summed E-state index contributed by atoms with van der Waals surface area (Å²) in [6.07, 6.45) is 2.32. The zero-order chi connectivity index (χ0) is 12.4. The molecule has 0 saturated carbocycles. The van der Waals surface area contributed by atoms with Crippen LogP contribution >= 0.6 is 0 Å². The number of carboxylic acid groups (broad SMARTS) is 1. The molecule has 0 aromatic carbocycles. The molecule has 1 unspecified atom stereocenters. The Morgan fingerprint density at radius 3 is 2.56 bits per heavy atom. The summed E-state index contributed by atoms with van der Waals surface area (Å²) in [4.78, 5) is 13.4. The van der Waals surface area contributed by atoms with Crippen molar-refractivity contribution < 1.29 is 15.0 Å². The molecule has 94 valence electrons. The molecule has 1 saturated heterocycles. The maximum absolute atomic E-state index is 11.3. The first-order valence-corrected chi connectivity index (χ1v) is 5.97. The van der Waals surface area contributed by atoms with E-state index in [1.807, 2.05) is 6.92 Å². The summed E-state index contributed by atoms with van der Waals surface area (Å²) in [5.41, 5.74) is -1.33. The Morgan fingerprint density at radius 2 is 2.12 bits per heavy atom. The minimum Gasteiger partial charge on any atom is -0.481 e. The SMILES string of the molecule is CCCC1(C(=O)O)CCN(CC(C)(C)O)C1. The molecule has 1 atom stereocenters. The number of rotatable bonds is 5. The first kappa shape index (κ1) is 13.5. The van der Waals surface area contributed by atoms with Crippen molar-refractivity contribution in [2.24, 2.45) is 5.41 Å². The second-order valence-corrected chi connectivity index (χ2v) is 5.61. The molecular weight excluding hydrogens is 206 g/mol. The molecule has 0 radical (unpaired) electrons. The normalized spacial score (nSPS) is 27.2. The monoisotopic (exact) mass is 229 g/mol. The van der Waals surface area contributed by atoms with Crippen molar-refractivity contribution in [2.75, 3.05) is 19.6 Å². The molecule has 0 aliphatic carbocycles. The number of hydrogen-bond acceptors (Lipinski definition) is 3. The lowest BCUT2D eigenvalue weighted by Crippen LogP contribution is -2.40. The predicted octanol–water partition coefficient (Wildman–Crippen LogP) is 1.33. The van der Waals surface area contributed by atoms with Crippen molar-refractivity contribution in [3.8, 4) is 0 Å². The van der Waals surface area contributed by atoms with Gasteiger partial charge in [-0.15, -0.1) is 0 Å². The second kappa shape index (κ2) is 4.72. The molecule has 1 rings (SSSR count). The van der Waals surface area contributed by atoms with Crippen molar-refractivity contribution in [2.45, 2.75) is 45.6 Å². The van der Waals surface area contributed by atoms with Crippen LogP contribution in [0.4, 0.5) is 0 Å². The summed E-state index contributed by atoms with van der Waals surface area (Å²) in [5.74, 6) is -0.687. The first-order chi connectivity index (χ1) is 7.29. The Bertz CT molecular complexity index is 259. The van der Waals surface area contributed by atoms with E-state index in [0.29, 0.717) is 19.5 Å². The number of carboxylic acids is 1. The van der Waals surface area contributed by atoms with E-state index in [1.165, 1.54) is 0 Å². The summed E-state index contributed by atoms with van der Waals surface area (Å²) < 4.78 is 0. The highest BCUT2D eigenvalue weighted by molar-refractivity contribution is 5.75. The smallest absolute Gasteiger partial charge is 0.310 e. The van der Waals surface area contributed by atoms with Crippen molar-refractivity contribution in [1.29, 1.82) is 0 Å². The highest BCUT2D eigenvalue weighted by Crippen LogP contribution is 2.35. The van der Waals surface area contributed by atoms with Crippen molar-refractivity contribution in [3.05, 3.63) is 0 Å². The topological polar surface area (TPSA) is 60.8 Å². The van der Waals surface area contributed by atoms with Gasteiger partial charge in [-0.3, -0.25) is 9.69 Å². The fourth-order valence-corrected chi connectivity index (χ4v) is 2.60. The third-order valence-corrected chi connectivity index (χ3v) is 3.23. The molecule has 2 N–H and O–H groups in total. The summed E-state index contributed by atoms with van der Waals surface area (Å²) in [6.45, 7) is 7.42. The molecule has 1 heterocycles. The number of carbonyl (C=O) groups is 1. The number of aliphatic carboxylic acids is 1. The van der Waals surface area contributed by atoms with Crippen LogP contribution in [0.2, 0.25) is 0 Å². The van der Waals surface area contributed by atoms with E-state index in [1.54, 1.807) is 13.8 Å². The van der Waals surface area contributed by atoms with Crippen LogP contribution in [-0.4, -0.2) is 46.3 Å². The fraction of sp³-hybridized carbons (Fsp3) is 0.917. The van der Waals surface area contributed by atoms with Crippen molar-refractivity contribution in [3.63, 3.8) is 0 Å². The van der Waals surface area contributed by atoms with Crippen LogP contribution in [0.15, 0.2) is 0 Å². The maximum Gasteiger partial charge on any atom is 0.310 e. The standard InChI is InChI=1S/C12H23NO3/c1-4-5-12(10(14)15)6-7-13(9-12)8-11(2,3)16/h16H,4-9H2,1-3H3,(H,14,15). The summed E-state index contributed by atoms with van der Waals surface area (Å²) >= 11 is 0. The van der Waals surface area contributed by atoms with Crippen LogP contribution in [0.25, 0.3) is 0 Å². The number of hydrogen-bond donors (Lipinski definition) is 2. The Kier molecular flexibility index (Phi) is 3.97. The lowest BCUT2D eigenvalue weighted by Gasteiger charge is -2.28. The molecule has 4 heteroatoms. The van der Waals surface area contributed by atoms with Crippen LogP contribution in [-0.2, 0) is 4.79 Å². The van der Waals surface area contributed by atoms with Gasteiger partial charge < -0.3 is 10.2 Å². The Morgan fingerprint density at radius 1 is 1.50 bits per heavy atom. The van der Waals surface area contributed by atoms with E-state index in [-0.39, 0.29) is 0 Å². The zero-order valence-corrected chi connectivity index (χ0v) is 10.5. The maximum atomic E-state index is 11.3. The van der Waals surface area contributed by atoms with E-state index < -0.39 is 17.0 Å². The van der Waals surface area contributed by atoms with Gasteiger partial charge in [0.1, 0.15) is 0 Å². The highest BCUT2D eigenvalue weighted by Gasteiger charge is 2.44. The van der Waals surface area contributed by atoms with Gasteiger partial charge in [-0.2, -0.15) is 0 Å². The van der Waals surface area contributed by atoms with E-state index >= 15 is 0 Å². The molecular formula is C12H23NO3. The summed E-state index contributed by atoms with van der Waals surface area (Å²) in [6, 6.07) is 0. The summed E-state index contributed by atoms with van der Waals surface area (Å²) in [7, 11) is 0. The van der Waals surface area contributed by atoms with Gasteiger partial charge in [-0.1, -0.05) is 13.3 Å². The molecule has 4 nitrogen and oxygen atoms in total. The van der Waals surface area contributed by atoms with Crippen LogP contribution in [0.3, 0.4) is 0 Å². The molecule has 0 bridgehead atoms. The summed E-state index contributed by atoms with van der Waals surface area (Å²) in [5, 5.41) is 19.0. The molecule has 0 aromatic heterocycles. The highest BCUT2D eigenvalue weighted by atomic mass is 16.4. The minimum absolute atomic E-state index is 0.547. The van der Waals surface area contributed by atoms with E-state index in [0.717, 1.165) is 19.4 Å². The average molecular weight is 229 g/mol. The Balaban J connectivity index is 2.64. The first-order valence-electron chi connectivity index (χ1n) is 5.97. The third-order valence-electron chi connectivity index (χ3n) is 3.23. The lowest BCUT2D eigenvalue weighted by molar-refractivity contribution is -0.148. The van der Waals surface area contributed by atoms with Gasteiger partial charge in [0.05, 0.1) is 11.0 Å². The van der Waals surface area contributed by atoms with Gasteiger partial charge in [0.2, 0.25) is 0 Å². The molecule has 1 aliphatic heterocycles. The molecule has 0 aromatic rings. The molecule has 1 aliphatic rings. The number of likely N-dealkylation sites (tertiary alicyclic amines) is 1. The quantitative estimate of drug-likeness (QED) is 0.746. The van der Waals surface area contributed by atoms with Crippen molar-refractivity contribution >= 4 is 5.97 Å². The van der Waals surface area contributed by atoms with E-state index in [4.69, 9.17) is 0 Å². The largest absolute Gasteiger partial charge is 0.481 e. The zero-order valence-electron chi connectivity index (χ0n) is 10.5. The van der Waals surface area contributed by atoms with Crippen LogP contribution < -0.4 is 0 Å². The lowest BCUT2D eigenvalue weighted by atomic mass is 9.83. The van der Waals surface area contributed by atoms with Gasteiger partial charge in [0, 0.05) is 13.1 Å². The fourth-order valence-electron chi connectivity index (χ4n) is 2.60. The molecule has 16 heavy (non-hydrogen) atoms. The average Bonchev–Trinajstić information content (AvgIpc) is 2.47. The third kappa shape index (κ3) is 3.19. The van der Waals surface area contributed by atoms with Gasteiger partial charge in [-0.25, -0.2) is 0 Å². The van der Waals surface area contributed by atoms with Crippen LogP contribution in [0.1, 0.15) is 40.0 Å². The Labute approximate surface area is 97.3 Å². The van der Waals surface area contributed by atoms with Gasteiger partial charge in [-0.05, 0) is 33.2 Å². The van der Waals surface area contributed by atoms with Crippen LogP contribution in [0.5, 0.6) is 0 Å². The van der Waals surface area contributed by atoms with Gasteiger partial charge in [0.25, 0.3) is 0 Å². The van der Waals surface area contributed by atoms with E-state index in [2.05, 4.69) is 4.90 Å². The minimum atomic E-state index is -0.749. The molecule has 1 fully saturated rings. The van der Waals surface area contributed by atoms with Crippen molar-refractivity contribution in [1.82, 2.24) is 4.90 Å². The number of aliphatic hydroxyl groups is 1. The number of β-amino-alcohol motifs (C(OH)–C–C–N with tert-alkyl or cyclic N) is 1.